The van der Waals surface area contributed by atoms with Gasteiger partial charge in [0.1, 0.15) is 5.57 Å². The molecule has 0 aliphatic carbocycles. The monoisotopic (exact) mass is 403 g/mol. The molecule has 2 aromatic rings. The first kappa shape index (κ1) is 19.9. The minimum atomic E-state index is -0.740. The number of para-hydroxylation sites is 1. The fourth-order valence-electron chi connectivity index (χ4n) is 4.32. The third-order valence-corrected chi connectivity index (χ3v) is 6.08. The highest BCUT2D eigenvalue weighted by molar-refractivity contribution is 6.39. The van der Waals surface area contributed by atoms with Crippen molar-refractivity contribution in [2.75, 3.05) is 16.8 Å². The fourth-order valence-corrected chi connectivity index (χ4v) is 4.32. The molecule has 4 rings (SSSR count). The van der Waals surface area contributed by atoms with E-state index < -0.39 is 17.8 Å². The molecule has 0 bridgehead atoms. The third kappa shape index (κ3) is 3.28. The Morgan fingerprint density at radius 3 is 2.47 bits per heavy atom. The van der Waals surface area contributed by atoms with Crippen molar-refractivity contribution in [3.05, 3.63) is 65.2 Å². The molecule has 2 aliphatic rings. The number of rotatable bonds is 2. The van der Waals surface area contributed by atoms with Crippen molar-refractivity contribution in [1.82, 2.24) is 5.32 Å². The van der Waals surface area contributed by atoms with Crippen LogP contribution in [0.15, 0.2) is 54.1 Å². The van der Waals surface area contributed by atoms with Crippen molar-refractivity contribution in [2.24, 2.45) is 0 Å². The lowest BCUT2D eigenvalue weighted by atomic mass is 9.80. The van der Waals surface area contributed by atoms with Crippen LogP contribution < -0.4 is 15.1 Å². The first-order valence-electron chi connectivity index (χ1n) is 10.0. The number of barbiturate groups is 1. The van der Waals surface area contributed by atoms with Gasteiger partial charge in [-0.15, -0.1) is 0 Å². The Balaban J connectivity index is 1.72. The lowest BCUT2D eigenvalue weighted by molar-refractivity contribution is -0.122. The van der Waals surface area contributed by atoms with E-state index in [9.17, 15) is 14.4 Å². The molecular formula is C24H25N3O3. The van der Waals surface area contributed by atoms with Crippen LogP contribution in [-0.4, -0.2) is 30.4 Å². The summed E-state index contributed by atoms with van der Waals surface area (Å²) in [7, 11) is 2.09. The molecule has 0 aromatic heterocycles. The van der Waals surface area contributed by atoms with Crippen molar-refractivity contribution >= 4 is 35.3 Å². The van der Waals surface area contributed by atoms with E-state index in [2.05, 4.69) is 38.0 Å². The van der Waals surface area contributed by atoms with Gasteiger partial charge in [-0.1, -0.05) is 31.2 Å². The lowest BCUT2D eigenvalue weighted by Gasteiger charge is -2.45. The molecule has 6 heteroatoms. The van der Waals surface area contributed by atoms with Gasteiger partial charge in [-0.05, 0) is 67.7 Å². The maximum atomic E-state index is 13.0. The number of carbonyl (C=O) groups is 3. The minimum absolute atomic E-state index is 0.0577. The Hall–Kier alpha value is -3.41. The van der Waals surface area contributed by atoms with Crippen LogP contribution in [-0.2, 0) is 9.59 Å². The molecule has 1 N–H and O–H groups in total. The van der Waals surface area contributed by atoms with Crippen molar-refractivity contribution < 1.29 is 14.4 Å². The molecule has 2 aliphatic heterocycles. The number of anilines is 2. The molecular weight excluding hydrogens is 378 g/mol. The number of amides is 4. The summed E-state index contributed by atoms with van der Waals surface area (Å²) < 4.78 is 0. The molecule has 6 nitrogen and oxygen atoms in total. The Kier molecular flexibility index (Phi) is 4.73. The highest BCUT2D eigenvalue weighted by Gasteiger charge is 2.37. The summed E-state index contributed by atoms with van der Waals surface area (Å²) in [5.74, 6) is -0.956. The number of nitrogens with one attached hydrogen (secondary N) is 1. The number of fused-ring (bicyclic) bond motifs is 1. The number of imide groups is 2. The van der Waals surface area contributed by atoms with Gasteiger partial charge >= 0.3 is 6.03 Å². The minimum Gasteiger partial charge on any atom is -0.369 e. The summed E-state index contributed by atoms with van der Waals surface area (Å²) >= 11 is 0. The van der Waals surface area contributed by atoms with E-state index in [1.165, 1.54) is 5.56 Å². The molecule has 2 aromatic carbocycles. The number of hydrogen-bond donors (Lipinski definition) is 1. The Labute approximate surface area is 176 Å². The standard InChI is InChI=1S/C24H25N3O3/c1-15-14-24(2,3)26(4)20-11-10-16(12-18(15)20)13-19-21(28)25-23(30)27(22(19)29)17-8-6-5-7-9-17/h5-13,15H,14H2,1-4H3,(H,25,28,30)/b19-13-. The van der Waals surface area contributed by atoms with Crippen LogP contribution in [0.1, 0.15) is 44.2 Å². The van der Waals surface area contributed by atoms with Gasteiger partial charge in [0.05, 0.1) is 5.69 Å². The van der Waals surface area contributed by atoms with E-state index in [0.717, 1.165) is 22.6 Å². The summed E-state index contributed by atoms with van der Waals surface area (Å²) in [6, 6.07) is 13.8. The second kappa shape index (κ2) is 7.13. The van der Waals surface area contributed by atoms with Crippen molar-refractivity contribution in [1.29, 1.82) is 0 Å². The molecule has 4 amide bonds. The van der Waals surface area contributed by atoms with E-state index in [0.29, 0.717) is 11.6 Å². The van der Waals surface area contributed by atoms with Crippen LogP contribution in [0.4, 0.5) is 16.2 Å². The zero-order valence-electron chi connectivity index (χ0n) is 17.6. The Morgan fingerprint density at radius 1 is 1.07 bits per heavy atom. The first-order chi connectivity index (χ1) is 14.2. The van der Waals surface area contributed by atoms with Crippen molar-refractivity contribution in [2.45, 2.75) is 38.6 Å². The maximum absolute atomic E-state index is 13.0. The highest BCUT2D eigenvalue weighted by Crippen LogP contribution is 2.42. The zero-order chi connectivity index (χ0) is 21.6. The van der Waals surface area contributed by atoms with Gasteiger partial charge in [0, 0.05) is 18.3 Å². The van der Waals surface area contributed by atoms with Gasteiger partial charge in [0.25, 0.3) is 11.8 Å². The van der Waals surface area contributed by atoms with Crippen LogP contribution in [0.2, 0.25) is 0 Å². The summed E-state index contributed by atoms with van der Waals surface area (Å²) in [6.07, 6.45) is 2.57. The van der Waals surface area contributed by atoms with Crippen LogP contribution in [0, 0.1) is 0 Å². The second-order valence-electron chi connectivity index (χ2n) is 8.59. The molecule has 0 saturated carbocycles. The van der Waals surface area contributed by atoms with E-state index in [4.69, 9.17) is 0 Å². The maximum Gasteiger partial charge on any atom is 0.335 e. The van der Waals surface area contributed by atoms with Crippen molar-refractivity contribution in [3.63, 3.8) is 0 Å². The fraction of sp³-hybridized carbons (Fsp3) is 0.292. The number of hydrogen-bond acceptors (Lipinski definition) is 4. The molecule has 30 heavy (non-hydrogen) atoms. The molecule has 1 saturated heterocycles. The summed E-state index contributed by atoms with van der Waals surface area (Å²) in [5, 5.41) is 2.27. The topological polar surface area (TPSA) is 69.7 Å². The molecule has 0 spiro atoms. The van der Waals surface area contributed by atoms with Crippen LogP contribution in [0.3, 0.4) is 0 Å². The molecule has 1 atom stereocenters. The summed E-state index contributed by atoms with van der Waals surface area (Å²) in [4.78, 5) is 41.0. The molecule has 1 unspecified atom stereocenters. The number of carbonyl (C=O) groups excluding carboxylic acids is 3. The Bertz CT molecular complexity index is 1070. The first-order valence-corrected chi connectivity index (χ1v) is 10.0. The third-order valence-electron chi connectivity index (χ3n) is 6.08. The van der Waals surface area contributed by atoms with Gasteiger partial charge in [-0.3, -0.25) is 14.9 Å². The van der Waals surface area contributed by atoms with E-state index in [1.807, 2.05) is 18.2 Å². The van der Waals surface area contributed by atoms with Gasteiger partial charge in [-0.2, -0.15) is 0 Å². The summed E-state index contributed by atoms with van der Waals surface area (Å²) in [6.45, 7) is 6.64. The number of nitrogens with zero attached hydrogens (tertiary/aromatic N) is 2. The second-order valence-corrected chi connectivity index (χ2v) is 8.59. The predicted molar refractivity (Wildman–Crippen MR) is 117 cm³/mol. The molecule has 0 radical (unpaired) electrons. The average molecular weight is 403 g/mol. The normalized spacial score (nSPS) is 22.2. The number of benzene rings is 2. The van der Waals surface area contributed by atoms with Crippen LogP contribution >= 0.6 is 0 Å². The van der Waals surface area contributed by atoms with Gasteiger partial charge in [0.15, 0.2) is 0 Å². The van der Waals surface area contributed by atoms with Crippen molar-refractivity contribution in [3.8, 4) is 0 Å². The van der Waals surface area contributed by atoms with Gasteiger partial charge in [0.2, 0.25) is 0 Å². The van der Waals surface area contributed by atoms with E-state index >= 15 is 0 Å². The highest BCUT2D eigenvalue weighted by atomic mass is 16.2. The molecule has 1 fully saturated rings. The SMILES string of the molecule is CC1CC(C)(C)N(C)c2ccc(/C=C3/C(=O)NC(=O)N(c4ccccc4)C3=O)cc21. The van der Waals surface area contributed by atoms with Gasteiger partial charge < -0.3 is 4.90 Å². The number of urea groups is 1. The quantitative estimate of drug-likeness (QED) is 0.606. The van der Waals surface area contributed by atoms with Gasteiger partial charge in [-0.25, -0.2) is 9.69 Å². The van der Waals surface area contributed by atoms with E-state index in [1.54, 1.807) is 36.4 Å². The molecule has 2 heterocycles. The van der Waals surface area contributed by atoms with Crippen LogP contribution in [0.5, 0.6) is 0 Å². The average Bonchev–Trinajstić information content (AvgIpc) is 2.70. The molecule has 154 valence electrons. The predicted octanol–water partition coefficient (Wildman–Crippen LogP) is 4.08. The summed E-state index contributed by atoms with van der Waals surface area (Å²) in [5.41, 5.74) is 3.51. The zero-order valence-corrected chi connectivity index (χ0v) is 17.6. The smallest absolute Gasteiger partial charge is 0.335 e. The largest absolute Gasteiger partial charge is 0.369 e. The van der Waals surface area contributed by atoms with E-state index in [-0.39, 0.29) is 11.1 Å². The lowest BCUT2D eigenvalue weighted by Crippen LogP contribution is -2.54. The Morgan fingerprint density at radius 2 is 1.77 bits per heavy atom. The van der Waals surface area contributed by atoms with Crippen LogP contribution in [0.25, 0.3) is 6.08 Å².